The number of hydrogen-bond acceptors (Lipinski definition) is 3. The SMILES string of the molecule is CCC1CCCC(O)(CCC(=O)c2cn(CCOC)c3cccc(Cl)c23)C1. The normalized spacial score (nSPS) is 23.0. The van der Waals surface area contributed by atoms with Crippen molar-refractivity contribution in [3.05, 3.63) is 35.0 Å². The van der Waals surface area contributed by atoms with E-state index in [0.717, 1.165) is 36.6 Å². The lowest BCUT2D eigenvalue weighted by Gasteiger charge is -2.36. The molecule has 5 heteroatoms. The molecule has 1 heterocycles. The van der Waals surface area contributed by atoms with Crippen LogP contribution in [0, 0.1) is 5.92 Å². The predicted octanol–water partition coefficient (Wildman–Crippen LogP) is 5.24. The minimum Gasteiger partial charge on any atom is -0.390 e. The van der Waals surface area contributed by atoms with Gasteiger partial charge in [0.15, 0.2) is 5.78 Å². The molecule has 0 radical (unpaired) electrons. The molecule has 148 valence electrons. The fourth-order valence-corrected chi connectivity index (χ4v) is 4.68. The Kier molecular flexibility index (Phi) is 6.61. The first-order valence-electron chi connectivity index (χ1n) is 9.99. The fourth-order valence-electron chi connectivity index (χ4n) is 4.41. The van der Waals surface area contributed by atoms with E-state index in [9.17, 15) is 9.90 Å². The van der Waals surface area contributed by atoms with Gasteiger partial charge in [-0.15, -0.1) is 0 Å². The first-order valence-corrected chi connectivity index (χ1v) is 10.4. The summed E-state index contributed by atoms with van der Waals surface area (Å²) in [5.41, 5.74) is 0.899. The summed E-state index contributed by atoms with van der Waals surface area (Å²) in [6.45, 7) is 3.42. The van der Waals surface area contributed by atoms with E-state index in [1.165, 1.54) is 6.42 Å². The first kappa shape index (κ1) is 20.4. The molecule has 2 aromatic rings. The number of benzene rings is 1. The van der Waals surface area contributed by atoms with Gasteiger partial charge >= 0.3 is 0 Å². The summed E-state index contributed by atoms with van der Waals surface area (Å²) in [4.78, 5) is 13.0. The number of ketones is 1. The number of aliphatic hydroxyl groups is 1. The number of halogens is 1. The molecule has 0 saturated heterocycles. The number of carbonyl (C=O) groups excluding carboxylic acids is 1. The molecule has 1 fully saturated rings. The van der Waals surface area contributed by atoms with Gasteiger partial charge in [0.05, 0.1) is 22.7 Å². The molecule has 0 aliphatic heterocycles. The molecule has 0 spiro atoms. The zero-order valence-corrected chi connectivity index (χ0v) is 17.1. The monoisotopic (exact) mass is 391 g/mol. The maximum Gasteiger partial charge on any atom is 0.165 e. The maximum atomic E-state index is 13.0. The van der Waals surface area contributed by atoms with Crippen LogP contribution in [-0.2, 0) is 11.3 Å². The highest BCUT2D eigenvalue weighted by molar-refractivity contribution is 6.37. The van der Waals surface area contributed by atoms with Crippen LogP contribution < -0.4 is 0 Å². The quantitative estimate of drug-likeness (QED) is 0.626. The van der Waals surface area contributed by atoms with Crippen LogP contribution >= 0.6 is 11.6 Å². The lowest BCUT2D eigenvalue weighted by atomic mass is 9.74. The molecule has 1 saturated carbocycles. The largest absolute Gasteiger partial charge is 0.390 e. The summed E-state index contributed by atoms with van der Waals surface area (Å²) < 4.78 is 7.21. The highest BCUT2D eigenvalue weighted by atomic mass is 35.5. The van der Waals surface area contributed by atoms with Gasteiger partial charge < -0.3 is 14.4 Å². The average molecular weight is 392 g/mol. The number of rotatable bonds is 8. The molecule has 4 nitrogen and oxygen atoms in total. The topological polar surface area (TPSA) is 51.5 Å². The third-order valence-electron chi connectivity index (χ3n) is 6.01. The summed E-state index contributed by atoms with van der Waals surface area (Å²) in [7, 11) is 1.67. The number of methoxy groups -OCH3 is 1. The molecule has 2 atom stereocenters. The van der Waals surface area contributed by atoms with Crippen LogP contribution in [0.3, 0.4) is 0 Å². The van der Waals surface area contributed by atoms with Gasteiger partial charge in [-0.3, -0.25) is 4.79 Å². The van der Waals surface area contributed by atoms with Crippen molar-refractivity contribution in [2.75, 3.05) is 13.7 Å². The second-order valence-electron chi connectivity index (χ2n) is 7.88. The van der Waals surface area contributed by atoms with Crippen molar-refractivity contribution in [2.24, 2.45) is 5.92 Å². The van der Waals surface area contributed by atoms with E-state index < -0.39 is 5.60 Å². The van der Waals surface area contributed by atoms with Crippen LogP contribution in [0.4, 0.5) is 0 Å². The van der Waals surface area contributed by atoms with Crippen molar-refractivity contribution < 1.29 is 14.6 Å². The molecule has 0 amide bonds. The predicted molar refractivity (Wildman–Crippen MR) is 110 cm³/mol. The van der Waals surface area contributed by atoms with Crippen LogP contribution in [0.1, 0.15) is 62.2 Å². The van der Waals surface area contributed by atoms with Gasteiger partial charge in [0.1, 0.15) is 0 Å². The third-order valence-corrected chi connectivity index (χ3v) is 6.32. The fraction of sp³-hybridized carbons (Fsp3) is 0.591. The number of fused-ring (bicyclic) bond motifs is 1. The smallest absolute Gasteiger partial charge is 0.165 e. The molecule has 2 unspecified atom stereocenters. The Labute approximate surface area is 166 Å². The minimum absolute atomic E-state index is 0.0521. The van der Waals surface area contributed by atoms with E-state index in [1.54, 1.807) is 7.11 Å². The van der Waals surface area contributed by atoms with Crippen molar-refractivity contribution in [1.29, 1.82) is 0 Å². The van der Waals surface area contributed by atoms with E-state index >= 15 is 0 Å². The highest BCUT2D eigenvalue weighted by Crippen LogP contribution is 2.38. The van der Waals surface area contributed by atoms with Gasteiger partial charge in [-0.1, -0.05) is 43.9 Å². The number of hydrogen-bond donors (Lipinski definition) is 1. The number of aromatic nitrogens is 1. The molecule has 1 aromatic heterocycles. The Morgan fingerprint density at radius 2 is 2.26 bits per heavy atom. The second-order valence-corrected chi connectivity index (χ2v) is 8.29. The lowest BCUT2D eigenvalue weighted by Crippen LogP contribution is -2.35. The Morgan fingerprint density at radius 3 is 3.00 bits per heavy atom. The van der Waals surface area contributed by atoms with Gasteiger partial charge in [-0.25, -0.2) is 0 Å². The Balaban J connectivity index is 1.79. The highest BCUT2D eigenvalue weighted by Gasteiger charge is 2.34. The van der Waals surface area contributed by atoms with Gasteiger partial charge in [0.25, 0.3) is 0 Å². The number of Topliss-reactive ketones (excluding diaryl/α,β-unsaturated/α-hetero) is 1. The summed E-state index contributed by atoms with van der Waals surface area (Å²) in [5, 5.41) is 12.4. The zero-order valence-electron chi connectivity index (χ0n) is 16.3. The van der Waals surface area contributed by atoms with Crippen LogP contribution in [0.15, 0.2) is 24.4 Å². The van der Waals surface area contributed by atoms with E-state index in [-0.39, 0.29) is 5.78 Å². The average Bonchev–Trinajstić information content (AvgIpc) is 3.04. The van der Waals surface area contributed by atoms with Crippen molar-refractivity contribution >= 4 is 28.3 Å². The van der Waals surface area contributed by atoms with Crippen LogP contribution in [0.2, 0.25) is 5.02 Å². The number of carbonyl (C=O) groups is 1. The summed E-state index contributed by atoms with van der Waals surface area (Å²) in [6, 6.07) is 5.70. The summed E-state index contributed by atoms with van der Waals surface area (Å²) >= 11 is 6.42. The first-order chi connectivity index (χ1) is 13.0. The van der Waals surface area contributed by atoms with Crippen LogP contribution in [-0.4, -0.2) is 34.8 Å². The van der Waals surface area contributed by atoms with E-state index in [2.05, 4.69) is 6.92 Å². The van der Waals surface area contributed by atoms with Crippen molar-refractivity contribution in [2.45, 2.75) is 64.0 Å². The van der Waals surface area contributed by atoms with Gasteiger partial charge in [0, 0.05) is 37.2 Å². The van der Waals surface area contributed by atoms with Crippen molar-refractivity contribution in [3.63, 3.8) is 0 Å². The van der Waals surface area contributed by atoms with Gasteiger partial charge in [-0.05, 0) is 37.3 Å². The number of nitrogens with zero attached hydrogens (tertiary/aromatic N) is 1. The summed E-state index contributed by atoms with van der Waals surface area (Å²) in [6.07, 6.45) is 7.70. The Hall–Kier alpha value is -1.36. The minimum atomic E-state index is -0.702. The Bertz CT molecular complexity index is 800. The van der Waals surface area contributed by atoms with Crippen molar-refractivity contribution in [3.8, 4) is 0 Å². The summed E-state index contributed by atoms with van der Waals surface area (Å²) in [5.74, 6) is 0.626. The maximum absolute atomic E-state index is 13.0. The van der Waals surface area contributed by atoms with E-state index in [4.69, 9.17) is 16.3 Å². The van der Waals surface area contributed by atoms with Gasteiger partial charge in [0.2, 0.25) is 0 Å². The number of ether oxygens (including phenoxy) is 1. The molecule has 1 aliphatic rings. The second kappa shape index (κ2) is 8.76. The van der Waals surface area contributed by atoms with E-state index in [1.807, 2.05) is 29.0 Å². The van der Waals surface area contributed by atoms with Crippen molar-refractivity contribution in [1.82, 2.24) is 4.57 Å². The molecule has 3 rings (SSSR count). The molecule has 1 N–H and O–H groups in total. The van der Waals surface area contributed by atoms with Crippen LogP contribution in [0.25, 0.3) is 10.9 Å². The third kappa shape index (κ3) is 4.56. The lowest BCUT2D eigenvalue weighted by molar-refractivity contribution is -0.0240. The molecule has 27 heavy (non-hydrogen) atoms. The van der Waals surface area contributed by atoms with E-state index in [0.29, 0.717) is 42.5 Å². The molecular weight excluding hydrogens is 362 g/mol. The zero-order chi connectivity index (χ0) is 19.4. The van der Waals surface area contributed by atoms with Crippen LogP contribution in [0.5, 0.6) is 0 Å². The standard InChI is InChI=1S/C22H30ClNO3/c1-3-16-6-5-10-22(26,14-16)11-9-20(25)17-15-24(12-13-27-2)19-8-4-7-18(23)21(17)19/h4,7-8,15-16,26H,3,5-6,9-14H2,1-2H3. The molecule has 1 aromatic carbocycles. The molecular formula is C22H30ClNO3. The molecule has 1 aliphatic carbocycles. The Morgan fingerprint density at radius 1 is 1.44 bits per heavy atom. The van der Waals surface area contributed by atoms with Gasteiger partial charge in [-0.2, -0.15) is 0 Å². The molecule has 0 bridgehead atoms.